The quantitative estimate of drug-likeness (QED) is 0.737. The molecule has 0 aromatic rings. The summed E-state index contributed by atoms with van der Waals surface area (Å²) < 4.78 is 19.3. The van der Waals surface area contributed by atoms with Gasteiger partial charge in [-0.15, -0.1) is 0 Å². The molecule has 2 rings (SSSR count). The van der Waals surface area contributed by atoms with E-state index in [1.54, 1.807) is 0 Å². The second-order valence-corrected chi connectivity index (χ2v) is 5.53. The highest BCUT2D eigenvalue weighted by Gasteiger charge is 2.36. The van der Waals surface area contributed by atoms with Crippen LogP contribution >= 0.6 is 0 Å². The van der Waals surface area contributed by atoms with E-state index in [0.717, 1.165) is 32.4 Å². The molecule has 0 radical (unpaired) electrons. The van der Waals surface area contributed by atoms with E-state index in [0.29, 0.717) is 13.2 Å². The van der Waals surface area contributed by atoms with Crippen molar-refractivity contribution >= 4 is 6.09 Å². The van der Waals surface area contributed by atoms with Crippen LogP contribution in [0.5, 0.6) is 0 Å². The molecule has 0 spiro atoms. The van der Waals surface area contributed by atoms with Gasteiger partial charge in [0.25, 0.3) is 0 Å². The molecule has 2 fully saturated rings. The number of unbranched alkanes of at least 4 members (excludes halogenated alkanes) is 1. The number of carbonyl (C=O) groups excluding carboxylic acids is 1. The topological polar surface area (TPSA) is 32.8 Å². The molecule has 0 aromatic carbocycles. The van der Waals surface area contributed by atoms with Crippen LogP contribution < -0.4 is 0 Å². The van der Waals surface area contributed by atoms with Crippen LogP contribution in [-0.2, 0) is 4.74 Å². The molecule has 0 saturated carbocycles. The van der Waals surface area contributed by atoms with E-state index >= 15 is 0 Å². The van der Waals surface area contributed by atoms with Crippen molar-refractivity contribution in [3.05, 3.63) is 0 Å². The fraction of sp³-hybridized carbons (Fsp3) is 0.929. The summed E-state index contributed by atoms with van der Waals surface area (Å²) in [4.78, 5) is 15.5. The summed E-state index contributed by atoms with van der Waals surface area (Å²) in [5.41, 5.74) is 0. The summed E-state index contributed by atoms with van der Waals surface area (Å²) in [7, 11) is 0. The smallest absolute Gasteiger partial charge is 0.409 e. The third-order valence-electron chi connectivity index (χ3n) is 4.10. The maximum Gasteiger partial charge on any atom is 0.409 e. The molecule has 2 saturated heterocycles. The lowest BCUT2D eigenvalue weighted by Crippen LogP contribution is -2.53. The number of amides is 1. The summed E-state index contributed by atoms with van der Waals surface area (Å²) in [6, 6.07) is 0.00203. The van der Waals surface area contributed by atoms with Crippen LogP contribution in [0.3, 0.4) is 0 Å². The minimum absolute atomic E-state index is 0.00203. The van der Waals surface area contributed by atoms with Gasteiger partial charge >= 0.3 is 6.09 Å². The molecule has 1 amide bonds. The van der Waals surface area contributed by atoms with E-state index in [1.165, 1.54) is 17.7 Å². The predicted octanol–water partition coefficient (Wildman–Crippen LogP) is 2.43. The molecule has 0 aromatic heterocycles. The molecular weight excluding hydrogens is 247 g/mol. The van der Waals surface area contributed by atoms with Crippen molar-refractivity contribution in [1.82, 2.24) is 9.80 Å². The molecule has 19 heavy (non-hydrogen) atoms. The van der Waals surface area contributed by atoms with Crippen molar-refractivity contribution in [2.24, 2.45) is 0 Å². The SMILES string of the molecule is CCCCOC(=O)N1CCC(N2CCCC2)C(F)C1. The van der Waals surface area contributed by atoms with E-state index in [9.17, 15) is 9.18 Å². The number of rotatable bonds is 4. The predicted molar refractivity (Wildman–Crippen MR) is 71.9 cm³/mol. The van der Waals surface area contributed by atoms with Crippen LogP contribution in [0.15, 0.2) is 0 Å². The van der Waals surface area contributed by atoms with Gasteiger partial charge in [-0.3, -0.25) is 4.90 Å². The average molecular weight is 272 g/mol. The Morgan fingerprint density at radius 3 is 2.68 bits per heavy atom. The van der Waals surface area contributed by atoms with E-state index in [2.05, 4.69) is 4.90 Å². The Balaban J connectivity index is 1.77. The van der Waals surface area contributed by atoms with Crippen molar-refractivity contribution in [3.8, 4) is 0 Å². The van der Waals surface area contributed by atoms with Gasteiger partial charge in [0, 0.05) is 12.6 Å². The van der Waals surface area contributed by atoms with E-state index in [4.69, 9.17) is 4.74 Å². The van der Waals surface area contributed by atoms with Crippen molar-refractivity contribution in [2.45, 2.75) is 51.2 Å². The first-order chi connectivity index (χ1) is 9.22. The zero-order valence-electron chi connectivity index (χ0n) is 11.8. The summed E-state index contributed by atoms with van der Waals surface area (Å²) in [6.45, 7) is 5.31. The van der Waals surface area contributed by atoms with Crippen LogP contribution in [0.25, 0.3) is 0 Å². The highest BCUT2D eigenvalue weighted by Crippen LogP contribution is 2.23. The number of likely N-dealkylation sites (tertiary alicyclic amines) is 2. The molecular formula is C14H25FN2O2. The Labute approximate surface area is 114 Å². The number of hydrogen-bond acceptors (Lipinski definition) is 3. The third kappa shape index (κ3) is 3.81. The second-order valence-electron chi connectivity index (χ2n) is 5.53. The first-order valence-corrected chi connectivity index (χ1v) is 7.52. The maximum absolute atomic E-state index is 14.2. The number of alkyl halides is 1. The van der Waals surface area contributed by atoms with Gasteiger partial charge < -0.3 is 9.64 Å². The summed E-state index contributed by atoms with van der Waals surface area (Å²) >= 11 is 0. The Morgan fingerprint density at radius 1 is 1.32 bits per heavy atom. The summed E-state index contributed by atoms with van der Waals surface area (Å²) in [6.07, 6.45) is 3.65. The maximum atomic E-state index is 14.2. The lowest BCUT2D eigenvalue weighted by atomic mass is 10.0. The van der Waals surface area contributed by atoms with Crippen LogP contribution in [0, 0.1) is 0 Å². The number of piperidine rings is 1. The fourth-order valence-corrected chi connectivity index (χ4v) is 2.94. The van der Waals surface area contributed by atoms with Crippen LogP contribution in [-0.4, -0.2) is 60.9 Å². The van der Waals surface area contributed by atoms with Gasteiger partial charge in [-0.25, -0.2) is 9.18 Å². The average Bonchev–Trinajstić information content (AvgIpc) is 2.92. The number of nitrogens with zero attached hydrogens (tertiary/aromatic N) is 2. The molecule has 2 heterocycles. The van der Waals surface area contributed by atoms with E-state index < -0.39 is 6.17 Å². The number of hydrogen-bond donors (Lipinski definition) is 0. The number of ether oxygens (including phenoxy) is 1. The molecule has 4 nitrogen and oxygen atoms in total. The van der Waals surface area contributed by atoms with Gasteiger partial charge in [0.2, 0.25) is 0 Å². The van der Waals surface area contributed by atoms with Gasteiger partial charge in [0.1, 0.15) is 6.17 Å². The van der Waals surface area contributed by atoms with Crippen molar-refractivity contribution in [1.29, 1.82) is 0 Å². The fourth-order valence-electron chi connectivity index (χ4n) is 2.94. The molecule has 0 bridgehead atoms. The first kappa shape index (κ1) is 14.6. The van der Waals surface area contributed by atoms with E-state index in [1.807, 2.05) is 6.92 Å². The monoisotopic (exact) mass is 272 g/mol. The Morgan fingerprint density at radius 2 is 2.05 bits per heavy atom. The number of halogens is 1. The van der Waals surface area contributed by atoms with Crippen LogP contribution in [0.1, 0.15) is 39.0 Å². The van der Waals surface area contributed by atoms with E-state index in [-0.39, 0.29) is 18.7 Å². The second kappa shape index (κ2) is 7.08. The minimum Gasteiger partial charge on any atom is -0.449 e. The molecule has 110 valence electrons. The Kier molecular flexibility index (Phi) is 5.43. The largest absolute Gasteiger partial charge is 0.449 e. The van der Waals surface area contributed by atoms with Gasteiger partial charge in [-0.2, -0.15) is 0 Å². The molecule has 5 heteroatoms. The summed E-state index contributed by atoms with van der Waals surface area (Å²) in [5.74, 6) is 0. The first-order valence-electron chi connectivity index (χ1n) is 7.52. The van der Waals surface area contributed by atoms with Crippen molar-refractivity contribution < 1.29 is 13.9 Å². The van der Waals surface area contributed by atoms with Gasteiger partial charge in [-0.1, -0.05) is 13.3 Å². The lowest BCUT2D eigenvalue weighted by Gasteiger charge is -2.38. The zero-order valence-corrected chi connectivity index (χ0v) is 11.8. The van der Waals surface area contributed by atoms with Gasteiger partial charge in [0.05, 0.1) is 13.2 Å². The van der Waals surface area contributed by atoms with Crippen molar-refractivity contribution in [2.75, 3.05) is 32.8 Å². The number of carbonyl (C=O) groups is 1. The highest BCUT2D eigenvalue weighted by molar-refractivity contribution is 5.67. The Bertz CT molecular complexity index is 295. The molecule has 0 aliphatic carbocycles. The van der Waals surface area contributed by atoms with Crippen LogP contribution in [0.2, 0.25) is 0 Å². The lowest BCUT2D eigenvalue weighted by molar-refractivity contribution is 0.0335. The molecule has 2 atom stereocenters. The molecule has 0 N–H and O–H groups in total. The normalized spacial score (nSPS) is 28.6. The minimum atomic E-state index is -0.939. The third-order valence-corrected chi connectivity index (χ3v) is 4.10. The molecule has 2 unspecified atom stereocenters. The molecule has 2 aliphatic heterocycles. The Hall–Kier alpha value is -0.840. The standard InChI is InChI=1S/C14H25FN2O2/c1-2-3-10-19-14(18)17-9-6-13(12(15)11-17)16-7-4-5-8-16/h12-13H,2-11H2,1H3. The molecule has 2 aliphatic rings. The zero-order chi connectivity index (χ0) is 13.7. The highest BCUT2D eigenvalue weighted by atomic mass is 19.1. The van der Waals surface area contributed by atoms with Gasteiger partial charge in [0.15, 0.2) is 0 Å². The van der Waals surface area contributed by atoms with Gasteiger partial charge in [-0.05, 0) is 38.8 Å². The van der Waals surface area contributed by atoms with Crippen molar-refractivity contribution in [3.63, 3.8) is 0 Å². The summed E-state index contributed by atoms with van der Waals surface area (Å²) in [5, 5.41) is 0. The van der Waals surface area contributed by atoms with Crippen LogP contribution in [0.4, 0.5) is 9.18 Å².